The van der Waals surface area contributed by atoms with E-state index in [9.17, 15) is 25.9 Å². The van der Waals surface area contributed by atoms with Crippen molar-refractivity contribution in [2.24, 2.45) is 0 Å². The van der Waals surface area contributed by atoms with Crippen LogP contribution in [-0.2, 0) is 29.7 Å². The van der Waals surface area contributed by atoms with Crippen LogP contribution < -0.4 is 99.7 Å². The molecule has 26 heteroatoms. The number of hydrogen-bond donors (Lipinski definition) is 4. The Kier molecular flexibility index (Phi) is 17.9. The van der Waals surface area contributed by atoms with Crippen molar-refractivity contribution in [2.45, 2.75) is 9.79 Å². The third-order valence-corrected chi connectivity index (χ3v) is 11.8. The number of aromatic nitrogens is 6. The van der Waals surface area contributed by atoms with Crippen LogP contribution in [-0.4, -0.2) is 123 Å². The van der Waals surface area contributed by atoms with Crippen molar-refractivity contribution in [2.75, 3.05) is 97.9 Å². The predicted molar refractivity (Wildman–Crippen MR) is 243 cm³/mol. The average Bonchev–Trinajstić information content (AvgIpc) is 3.31. The van der Waals surface area contributed by atoms with Crippen molar-refractivity contribution in [1.29, 1.82) is 0 Å². The van der Waals surface area contributed by atoms with E-state index in [4.69, 9.17) is 18.9 Å². The molecule has 0 radical (unpaired) electrons. The van der Waals surface area contributed by atoms with E-state index < -0.39 is 30.0 Å². The molecular formula is C42H42N12Na2O10S2. The van der Waals surface area contributed by atoms with Crippen LogP contribution in [0.4, 0.5) is 58.4 Å². The van der Waals surface area contributed by atoms with Crippen molar-refractivity contribution >= 4 is 90.8 Å². The number of benzene rings is 4. The van der Waals surface area contributed by atoms with Gasteiger partial charge in [-0.2, -0.15) is 29.9 Å². The van der Waals surface area contributed by atoms with Gasteiger partial charge in [0.1, 0.15) is 31.7 Å². The third-order valence-electron chi connectivity index (χ3n) is 10.0. The summed E-state index contributed by atoms with van der Waals surface area (Å²) in [6.45, 7) is 3.89. The maximum atomic E-state index is 12.7. The predicted octanol–water partition coefficient (Wildman–Crippen LogP) is -1.29. The molecule has 68 heavy (non-hydrogen) atoms. The molecule has 2 aliphatic rings. The molecule has 2 aliphatic heterocycles. The second-order valence-electron chi connectivity index (χ2n) is 14.5. The molecule has 0 unspecified atom stereocenters. The van der Waals surface area contributed by atoms with Gasteiger partial charge in [0, 0.05) is 48.9 Å². The summed E-state index contributed by atoms with van der Waals surface area (Å²) in [7, 11) is -7.12. The van der Waals surface area contributed by atoms with Crippen LogP contribution in [0.5, 0.6) is 11.5 Å². The van der Waals surface area contributed by atoms with E-state index in [0.717, 1.165) is 12.1 Å². The molecule has 0 spiro atoms. The second kappa shape index (κ2) is 23.4. The fourth-order valence-corrected chi connectivity index (χ4v) is 8.13. The molecule has 4 heterocycles. The first-order chi connectivity index (χ1) is 31.8. The van der Waals surface area contributed by atoms with E-state index >= 15 is 0 Å². The van der Waals surface area contributed by atoms with Gasteiger partial charge in [-0.05, 0) is 83.9 Å². The quantitative estimate of drug-likeness (QED) is 0.0499. The van der Waals surface area contributed by atoms with Gasteiger partial charge in [0.05, 0.1) is 50.4 Å². The van der Waals surface area contributed by atoms with Crippen LogP contribution in [0.15, 0.2) is 94.7 Å². The number of anilines is 10. The Labute approximate surface area is 436 Å². The van der Waals surface area contributed by atoms with E-state index in [-0.39, 0.29) is 105 Å². The zero-order valence-corrected chi connectivity index (χ0v) is 43.0. The Hall–Kier alpha value is -5.22. The van der Waals surface area contributed by atoms with Crippen molar-refractivity contribution in [3.63, 3.8) is 0 Å². The minimum absolute atomic E-state index is 0. The molecule has 8 rings (SSSR count). The standard InChI is InChI=1S/C42H44N12O10S2.2Na/c1-61-33-13-9-29(10-14-33)43-37-47-39(51-41(49-37)53-17-21-63-22-18-53)45-31-7-5-27(35(25-31)65(55,56)57)3-4-28-6-8-32(26-36(28)66(58,59)60)46-40-48-38(44-30-11-15-34(62-2)16-12-30)50-42(52-40)54-19-23-64-24-20-54;;/h3-16,25-26H,17-24H2,1-2H3,(H,55,56,57)(H,58,59,60)(H2,43,45,47,49,51)(H2,44,46,48,50,52);;/q;2*+1/p-2/b4-3+;;. The normalized spacial score (nSPS) is 14.1. The van der Waals surface area contributed by atoms with Crippen LogP contribution in [0, 0.1) is 0 Å². The van der Waals surface area contributed by atoms with Gasteiger partial charge in [0.2, 0.25) is 35.7 Å². The number of morpholine rings is 2. The second-order valence-corrected chi connectivity index (χ2v) is 17.2. The third kappa shape index (κ3) is 13.7. The first-order valence-electron chi connectivity index (χ1n) is 20.2. The Balaban J connectivity index is 0.00000381. The molecule has 0 saturated carbocycles. The largest absolute Gasteiger partial charge is 1.00 e. The maximum absolute atomic E-state index is 12.7. The molecule has 2 fully saturated rings. The van der Waals surface area contributed by atoms with Gasteiger partial charge < -0.3 is 59.1 Å². The minimum atomic E-state index is -5.12. The molecule has 4 aromatic carbocycles. The van der Waals surface area contributed by atoms with Gasteiger partial charge in [0.15, 0.2) is 0 Å². The number of hydrogen-bond acceptors (Lipinski definition) is 22. The molecule has 0 amide bonds. The van der Waals surface area contributed by atoms with E-state index in [0.29, 0.717) is 87.4 Å². The summed E-state index contributed by atoms with van der Waals surface area (Å²) in [5.41, 5.74) is 1.43. The van der Waals surface area contributed by atoms with Gasteiger partial charge in [-0.15, -0.1) is 0 Å². The zero-order chi connectivity index (χ0) is 46.3. The molecule has 4 N–H and O–H groups in total. The van der Waals surface area contributed by atoms with Gasteiger partial charge in [-0.1, -0.05) is 24.3 Å². The van der Waals surface area contributed by atoms with Gasteiger partial charge >= 0.3 is 59.1 Å². The molecular weight excluding hydrogens is 943 g/mol. The molecule has 6 aromatic rings. The van der Waals surface area contributed by atoms with Crippen molar-refractivity contribution in [3.8, 4) is 11.5 Å². The summed E-state index contributed by atoms with van der Waals surface area (Å²) in [6, 6.07) is 22.0. The molecule has 0 atom stereocenters. The smallest absolute Gasteiger partial charge is 0.744 e. The fourth-order valence-electron chi connectivity index (χ4n) is 6.74. The summed E-state index contributed by atoms with van der Waals surface area (Å²) in [5.74, 6) is 2.40. The number of nitrogens with zero attached hydrogens (tertiary/aromatic N) is 8. The number of ether oxygens (including phenoxy) is 4. The number of rotatable bonds is 16. The van der Waals surface area contributed by atoms with Gasteiger partial charge in [-0.25, -0.2) is 16.8 Å². The minimum Gasteiger partial charge on any atom is -0.744 e. The molecule has 0 bridgehead atoms. The van der Waals surface area contributed by atoms with Gasteiger partial charge in [-0.3, -0.25) is 0 Å². The first kappa shape index (κ1) is 52.2. The Morgan fingerprint density at radius 1 is 0.500 bits per heavy atom. The molecule has 0 aliphatic carbocycles. The zero-order valence-electron chi connectivity index (χ0n) is 37.4. The first-order valence-corrected chi connectivity index (χ1v) is 23.0. The van der Waals surface area contributed by atoms with Crippen LogP contribution in [0.3, 0.4) is 0 Å². The monoisotopic (exact) mass is 984 g/mol. The summed E-state index contributed by atoms with van der Waals surface area (Å²) >= 11 is 0. The van der Waals surface area contributed by atoms with Crippen LogP contribution >= 0.6 is 0 Å². The Bertz CT molecular complexity index is 2750. The van der Waals surface area contributed by atoms with E-state index in [1.807, 2.05) is 9.80 Å². The number of nitrogens with one attached hydrogen (secondary N) is 4. The van der Waals surface area contributed by atoms with Crippen molar-refractivity contribution in [1.82, 2.24) is 29.9 Å². The Morgan fingerprint density at radius 3 is 1.12 bits per heavy atom. The molecule has 344 valence electrons. The van der Waals surface area contributed by atoms with E-state index in [1.165, 1.54) is 36.4 Å². The topological polar surface area (TPSA) is 283 Å². The van der Waals surface area contributed by atoms with Crippen molar-refractivity contribution in [3.05, 3.63) is 96.1 Å². The number of methoxy groups -OCH3 is 2. The van der Waals surface area contributed by atoms with Crippen LogP contribution in [0.2, 0.25) is 0 Å². The molecule has 2 saturated heterocycles. The van der Waals surface area contributed by atoms with E-state index in [2.05, 4.69) is 51.2 Å². The van der Waals surface area contributed by atoms with E-state index in [1.54, 1.807) is 62.8 Å². The fraction of sp³-hybridized carbons (Fsp3) is 0.238. The summed E-state index contributed by atoms with van der Waals surface area (Å²) in [4.78, 5) is 29.7. The van der Waals surface area contributed by atoms with Gasteiger partial charge in [0.25, 0.3) is 0 Å². The summed E-state index contributed by atoms with van der Waals surface area (Å²) < 4.78 is 97.5. The maximum Gasteiger partial charge on any atom is 1.00 e. The average molecular weight is 985 g/mol. The van der Waals surface area contributed by atoms with Crippen LogP contribution in [0.25, 0.3) is 12.2 Å². The Morgan fingerprint density at radius 2 is 0.809 bits per heavy atom. The van der Waals surface area contributed by atoms with Crippen molar-refractivity contribution < 1.29 is 104 Å². The summed E-state index contributed by atoms with van der Waals surface area (Å²) in [5, 5.41) is 12.2. The summed E-state index contributed by atoms with van der Waals surface area (Å²) in [6.07, 6.45) is 2.44. The molecule has 2 aromatic heterocycles. The van der Waals surface area contributed by atoms with Crippen LogP contribution in [0.1, 0.15) is 11.1 Å². The molecule has 22 nitrogen and oxygen atoms in total. The SMILES string of the molecule is COc1ccc(Nc2nc(Nc3ccc(/C=C/c4ccc(Nc5nc(Nc6ccc(OC)cc6)nc(N6CCOCC6)n5)cc4S(=O)(=O)[O-])c(S(=O)(=O)[O-])c3)nc(N3CCOCC3)n2)cc1.[Na+].[Na+].